The molecular weight excluding hydrogens is 221 g/mol. The van der Waals surface area contributed by atoms with E-state index in [4.69, 9.17) is 0 Å². The minimum atomic E-state index is -0.718. The number of aliphatic hydroxyl groups is 1. The zero-order valence-electron chi connectivity index (χ0n) is 9.82. The average molecular weight is 237 g/mol. The zero-order chi connectivity index (χ0) is 12.5. The molecule has 1 aliphatic rings. The van der Waals surface area contributed by atoms with Crippen LogP contribution in [0.3, 0.4) is 0 Å². The molecule has 2 rings (SSSR count). The van der Waals surface area contributed by atoms with E-state index in [1.807, 2.05) is 6.92 Å². The first-order chi connectivity index (χ1) is 8.04. The maximum Gasteiger partial charge on any atom is 0.254 e. The van der Waals surface area contributed by atoms with Gasteiger partial charge in [-0.2, -0.15) is 0 Å². The monoisotopic (exact) mass is 237 g/mol. The zero-order valence-corrected chi connectivity index (χ0v) is 9.82. The Hall–Kier alpha value is -1.42. The molecule has 92 valence electrons. The number of carbonyl (C=O) groups is 1. The Balaban J connectivity index is 1.97. The van der Waals surface area contributed by atoms with Crippen LogP contribution in [0, 0.1) is 5.82 Å². The van der Waals surface area contributed by atoms with Gasteiger partial charge in [0, 0.05) is 5.56 Å². The largest absolute Gasteiger partial charge is 0.386 e. The van der Waals surface area contributed by atoms with Crippen LogP contribution < -0.4 is 0 Å². The third kappa shape index (κ3) is 2.47. The summed E-state index contributed by atoms with van der Waals surface area (Å²) in [5.41, 5.74) is -0.255. The topological polar surface area (TPSA) is 40.5 Å². The van der Waals surface area contributed by atoms with E-state index in [1.54, 1.807) is 4.90 Å². The lowest BCUT2D eigenvalue weighted by molar-refractivity contribution is -0.0860. The highest BCUT2D eigenvalue weighted by atomic mass is 19.1. The van der Waals surface area contributed by atoms with Gasteiger partial charge in [0.1, 0.15) is 5.82 Å². The molecule has 0 aliphatic carbocycles. The molecule has 0 bridgehead atoms. The van der Waals surface area contributed by atoms with Crippen LogP contribution in [-0.4, -0.2) is 34.6 Å². The highest BCUT2D eigenvalue weighted by Gasteiger charge is 2.42. The normalized spacial score (nSPS) is 17.7. The van der Waals surface area contributed by atoms with Crippen LogP contribution in [0.25, 0.3) is 0 Å². The molecule has 1 saturated heterocycles. The molecule has 4 heteroatoms. The van der Waals surface area contributed by atoms with E-state index in [0.717, 1.165) is 6.42 Å². The van der Waals surface area contributed by atoms with Gasteiger partial charge in [-0.3, -0.25) is 4.79 Å². The lowest BCUT2D eigenvalue weighted by atomic mass is 9.89. The molecule has 0 atom stereocenters. The van der Waals surface area contributed by atoms with E-state index in [1.165, 1.54) is 24.3 Å². The number of hydrogen-bond acceptors (Lipinski definition) is 2. The Morgan fingerprint density at radius 3 is 2.53 bits per heavy atom. The summed E-state index contributed by atoms with van der Waals surface area (Å²) in [7, 11) is 0. The van der Waals surface area contributed by atoms with Crippen LogP contribution in [0.5, 0.6) is 0 Å². The SMILES string of the molecule is CCCC1(O)CN(C(=O)c2ccc(F)cc2)C1. The molecule has 1 aliphatic heterocycles. The van der Waals surface area contributed by atoms with Gasteiger partial charge in [0.25, 0.3) is 5.91 Å². The number of amides is 1. The number of nitrogens with zero attached hydrogens (tertiary/aromatic N) is 1. The Morgan fingerprint density at radius 2 is 2.00 bits per heavy atom. The van der Waals surface area contributed by atoms with Gasteiger partial charge < -0.3 is 10.0 Å². The third-order valence-corrected chi connectivity index (χ3v) is 3.06. The van der Waals surface area contributed by atoms with Gasteiger partial charge in [0.2, 0.25) is 0 Å². The van der Waals surface area contributed by atoms with E-state index in [2.05, 4.69) is 0 Å². The number of β-amino-alcohol motifs (C(OH)–C–C–N with tert-alkyl or cyclic N) is 1. The molecule has 3 nitrogen and oxygen atoms in total. The number of rotatable bonds is 3. The molecule has 0 saturated carbocycles. The first-order valence-corrected chi connectivity index (χ1v) is 5.81. The Kier molecular flexibility index (Phi) is 3.15. The second-order valence-electron chi connectivity index (χ2n) is 4.64. The minimum absolute atomic E-state index is 0.147. The Labute approximate surface area is 99.9 Å². The Bertz CT molecular complexity index is 410. The highest BCUT2D eigenvalue weighted by Crippen LogP contribution is 2.27. The fourth-order valence-corrected chi connectivity index (χ4v) is 2.21. The van der Waals surface area contributed by atoms with Crippen LogP contribution in [0.4, 0.5) is 4.39 Å². The second kappa shape index (κ2) is 4.45. The van der Waals surface area contributed by atoms with Crippen LogP contribution in [0.15, 0.2) is 24.3 Å². The van der Waals surface area contributed by atoms with Crippen molar-refractivity contribution in [2.75, 3.05) is 13.1 Å². The van der Waals surface area contributed by atoms with Crippen LogP contribution in [-0.2, 0) is 0 Å². The van der Waals surface area contributed by atoms with E-state index < -0.39 is 5.60 Å². The fourth-order valence-electron chi connectivity index (χ4n) is 2.21. The molecule has 1 aromatic rings. The van der Waals surface area contributed by atoms with Gasteiger partial charge in [-0.15, -0.1) is 0 Å². The van der Waals surface area contributed by atoms with Crippen LogP contribution in [0.1, 0.15) is 30.1 Å². The van der Waals surface area contributed by atoms with Crippen molar-refractivity contribution >= 4 is 5.91 Å². The first kappa shape index (κ1) is 12.0. The van der Waals surface area contributed by atoms with Crippen molar-refractivity contribution in [3.8, 4) is 0 Å². The Morgan fingerprint density at radius 1 is 1.41 bits per heavy atom. The van der Waals surface area contributed by atoms with Crippen LogP contribution >= 0.6 is 0 Å². The summed E-state index contributed by atoms with van der Waals surface area (Å²) in [6.07, 6.45) is 1.61. The van der Waals surface area contributed by atoms with Crippen LogP contribution in [0.2, 0.25) is 0 Å². The average Bonchev–Trinajstić information content (AvgIpc) is 2.26. The fraction of sp³-hybridized carbons (Fsp3) is 0.462. The number of carbonyl (C=O) groups excluding carboxylic acids is 1. The first-order valence-electron chi connectivity index (χ1n) is 5.81. The van der Waals surface area contributed by atoms with E-state index in [0.29, 0.717) is 25.1 Å². The summed E-state index contributed by atoms with van der Waals surface area (Å²) >= 11 is 0. The second-order valence-corrected chi connectivity index (χ2v) is 4.64. The molecule has 1 amide bonds. The lowest BCUT2D eigenvalue weighted by Crippen LogP contribution is -2.63. The molecule has 0 spiro atoms. The number of halogens is 1. The van der Waals surface area contributed by atoms with E-state index in [-0.39, 0.29) is 11.7 Å². The quantitative estimate of drug-likeness (QED) is 0.871. The molecule has 1 heterocycles. The predicted molar refractivity (Wildman–Crippen MR) is 62.2 cm³/mol. The number of benzene rings is 1. The van der Waals surface area contributed by atoms with Gasteiger partial charge >= 0.3 is 0 Å². The van der Waals surface area contributed by atoms with Crippen molar-refractivity contribution in [1.29, 1.82) is 0 Å². The summed E-state index contributed by atoms with van der Waals surface area (Å²) in [5, 5.41) is 9.97. The lowest BCUT2D eigenvalue weighted by Gasteiger charge is -2.46. The van der Waals surface area contributed by atoms with Gasteiger partial charge in [0.05, 0.1) is 18.7 Å². The summed E-state index contributed by atoms with van der Waals surface area (Å²) in [5.74, 6) is -0.501. The van der Waals surface area contributed by atoms with Crippen molar-refractivity contribution in [2.24, 2.45) is 0 Å². The molecular formula is C13H16FNO2. The molecule has 1 fully saturated rings. The molecule has 0 radical (unpaired) electrons. The van der Waals surface area contributed by atoms with Crippen molar-refractivity contribution in [2.45, 2.75) is 25.4 Å². The smallest absolute Gasteiger partial charge is 0.254 e. The van der Waals surface area contributed by atoms with Crippen molar-refractivity contribution in [3.05, 3.63) is 35.6 Å². The molecule has 0 aromatic heterocycles. The molecule has 17 heavy (non-hydrogen) atoms. The van der Waals surface area contributed by atoms with Gasteiger partial charge in [-0.25, -0.2) is 4.39 Å². The van der Waals surface area contributed by atoms with Crippen molar-refractivity contribution < 1.29 is 14.3 Å². The maximum atomic E-state index is 12.7. The summed E-state index contributed by atoms with van der Waals surface area (Å²) in [6.45, 7) is 2.75. The van der Waals surface area contributed by atoms with E-state index in [9.17, 15) is 14.3 Å². The van der Waals surface area contributed by atoms with Crippen molar-refractivity contribution in [3.63, 3.8) is 0 Å². The summed E-state index contributed by atoms with van der Waals surface area (Å²) < 4.78 is 12.7. The van der Waals surface area contributed by atoms with E-state index >= 15 is 0 Å². The van der Waals surface area contributed by atoms with Gasteiger partial charge in [-0.05, 0) is 30.7 Å². The highest BCUT2D eigenvalue weighted by molar-refractivity contribution is 5.94. The van der Waals surface area contributed by atoms with Gasteiger partial charge in [-0.1, -0.05) is 13.3 Å². The maximum absolute atomic E-state index is 12.7. The minimum Gasteiger partial charge on any atom is -0.386 e. The molecule has 1 aromatic carbocycles. The summed E-state index contributed by atoms with van der Waals surface area (Å²) in [4.78, 5) is 13.5. The predicted octanol–water partition coefficient (Wildman–Crippen LogP) is 1.81. The molecule has 0 unspecified atom stereocenters. The summed E-state index contributed by atoms with van der Waals surface area (Å²) in [6, 6.07) is 5.47. The van der Waals surface area contributed by atoms with Gasteiger partial charge in [0.15, 0.2) is 0 Å². The standard InChI is InChI=1S/C13H16FNO2/c1-2-7-13(17)8-15(9-13)12(16)10-3-5-11(14)6-4-10/h3-6,17H,2,7-9H2,1H3. The number of hydrogen-bond donors (Lipinski definition) is 1. The van der Waals surface area contributed by atoms with Crippen molar-refractivity contribution in [1.82, 2.24) is 4.90 Å². The molecule has 1 N–H and O–H groups in total. The third-order valence-electron chi connectivity index (χ3n) is 3.06. The number of likely N-dealkylation sites (tertiary alicyclic amines) is 1.